The van der Waals surface area contributed by atoms with E-state index in [1.807, 2.05) is 12.1 Å². The summed E-state index contributed by atoms with van der Waals surface area (Å²) in [5.74, 6) is -0.00645. The lowest BCUT2D eigenvalue weighted by Crippen LogP contribution is -2.36. The third-order valence-electron chi connectivity index (χ3n) is 3.41. The Morgan fingerprint density at radius 2 is 1.76 bits per heavy atom. The maximum Gasteiger partial charge on any atom is 0.196 e. The molecule has 108 valence electrons. The molecule has 1 atom stereocenters. The molecule has 0 saturated carbocycles. The molecule has 0 amide bonds. The van der Waals surface area contributed by atoms with Gasteiger partial charge in [-0.15, -0.1) is 0 Å². The average Bonchev–Trinajstić information content (AvgIpc) is 2.82. The van der Waals surface area contributed by atoms with E-state index in [1.165, 1.54) is 6.07 Å². The molecule has 0 aliphatic carbocycles. The molecule has 0 fully saturated rings. The largest absolute Gasteiger partial charge is 0.369 e. The summed E-state index contributed by atoms with van der Waals surface area (Å²) in [5, 5.41) is 0.990. The van der Waals surface area contributed by atoms with Crippen LogP contribution in [0.5, 0.6) is 0 Å². The fourth-order valence-corrected chi connectivity index (χ4v) is 2.71. The fraction of sp³-hybridized carbons (Fsp3) is 0.133. The molecule has 0 spiro atoms. The summed E-state index contributed by atoms with van der Waals surface area (Å²) < 4.78 is 14.2. The zero-order valence-corrected chi connectivity index (χ0v) is 12.4. The highest BCUT2D eigenvalue weighted by Gasteiger charge is 2.30. The molecule has 2 N–H and O–H groups in total. The SMILES string of the molecule is NC1=NCC(c2ccc(Cl)cc2F)N1c1ccc(Cl)cc1. The van der Waals surface area contributed by atoms with Gasteiger partial charge < -0.3 is 10.6 Å². The normalized spacial score (nSPS) is 18.0. The number of nitrogens with zero attached hydrogens (tertiary/aromatic N) is 2. The van der Waals surface area contributed by atoms with Gasteiger partial charge in [-0.2, -0.15) is 0 Å². The molecule has 3 nitrogen and oxygen atoms in total. The summed E-state index contributed by atoms with van der Waals surface area (Å²) in [7, 11) is 0. The van der Waals surface area contributed by atoms with Crippen LogP contribution in [-0.4, -0.2) is 12.5 Å². The number of aliphatic imine (C=N–C) groups is 1. The zero-order valence-electron chi connectivity index (χ0n) is 10.9. The van der Waals surface area contributed by atoms with E-state index >= 15 is 0 Å². The number of hydrogen-bond donors (Lipinski definition) is 1. The summed E-state index contributed by atoms with van der Waals surface area (Å²) in [5.41, 5.74) is 7.28. The van der Waals surface area contributed by atoms with Crippen molar-refractivity contribution in [3.63, 3.8) is 0 Å². The number of nitrogens with two attached hydrogens (primary N) is 1. The molecule has 21 heavy (non-hydrogen) atoms. The van der Waals surface area contributed by atoms with Gasteiger partial charge in [0.05, 0.1) is 12.6 Å². The predicted molar refractivity (Wildman–Crippen MR) is 84.6 cm³/mol. The van der Waals surface area contributed by atoms with Gasteiger partial charge in [0, 0.05) is 21.3 Å². The first-order valence-electron chi connectivity index (χ1n) is 6.36. The highest BCUT2D eigenvalue weighted by Crippen LogP contribution is 2.33. The van der Waals surface area contributed by atoms with Gasteiger partial charge in [0.25, 0.3) is 0 Å². The van der Waals surface area contributed by atoms with E-state index in [2.05, 4.69) is 4.99 Å². The monoisotopic (exact) mass is 323 g/mol. The van der Waals surface area contributed by atoms with Crippen LogP contribution in [0.1, 0.15) is 11.6 Å². The first kappa shape index (κ1) is 14.2. The second kappa shape index (κ2) is 5.54. The molecule has 2 aromatic rings. The van der Waals surface area contributed by atoms with Gasteiger partial charge in [-0.25, -0.2) is 4.39 Å². The molecule has 3 rings (SSSR count). The topological polar surface area (TPSA) is 41.6 Å². The maximum absolute atomic E-state index is 14.2. The van der Waals surface area contributed by atoms with Crippen molar-refractivity contribution in [3.8, 4) is 0 Å². The van der Waals surface area contributed by atoms with Crippen LogP contribution in [0.2, 0.25) is 10.0 Å². The zero-order chi connectivity index (χ0) is 15.0. The van der Waals surface area contributed by atoms with E-state index in [0.29, 0.717) is 28.1 Å². The van der Waals surface area contributed by atoms with Crippen molar-refractivity contribution in [2.75, 3.05) is 11.4 Å². The summed E-state index contributed by atoms with van der Waals surface area (Å²) >= 11 is 11.7. The van der Waals surface area contributed by atoms with Gasteiger partial charge in [0.1, 0.15) is 5.82 Å². The van der Waals surface area contributed by atoms with Gasteiger partial charge in [-0.1, -0.05) is 29.3 Å². The summed E-state index contributed by atoms with van der Waals surface area (Å²) in [4.78, 5) is 6.02. The molecule has 6 heteroatoms. The van der Waals surface area contributed by atoms with Crippen LogP contribution in [0.4, 0.5) is 10.1 Å². The number of hydrogen-bond acceptors (Lipinski definition) is 3. The number of rotatable bonds is 2. The average molecular weight is 324 g/mol. The molecule has 0 bridgehead atoms. The Morgan fingerprint density at radius 3 is 2.43 bits per heavy atom. The minimum atomic E-state index is -0.364. The minimum Gasteiger partial charge on any atom is -0.369 e. The van der Waals surface area contributed by atoms with Crippen LogP contribution in [0.25, 0.3) is 0 Å². The van der Waals surface area contributed by atoms with Crippen LogP contribution >= 0.6 is 23.2 Å². The predicted octanol–water partition coefficient (Wildman–Crippen LogP) is 4.01. The second-order valence-electron chi connectivity index (χ2n) is 4.73. The quantitative estimate of drug-likeness (QED) is 0.907. The molecule has 1 heterocycles. The molecule has 1 unspecified atom stereocenters. The Hall–Kier alpha value is -1.78. The van der Waals surface area contributed by atoms with E-state index in [-0.39, 0.29) is 11.9 Å². The van der Waals surface area contributed by atoms with E-state index in [4.69, 9.17) is 28.9 Å². The molecule has 0 aromatic heterocycles. The van der Waals surface area contributed by atoms with Gasteiger partial charge >= 0.3 is 0 Å². The number of benzene rings is 2. The Bertz CT molecular complexity index is 701. The second-order valence-corrected chi connectivity index (χ2v) is 5.60. The van der Waals surface area contributed by atoms with E-state index in [9.17, 15) is 4.39 Å². The van der Waals surface area contributed by atoms with Crippen molar-refractivity contribution in [1.82, 2.24) is 0 Å². The van der Waals surface area contributed by atoms with E-state index in [0.717, 1.165) is 5.69 Å². The van der Waals surface area contributed by atoms with E-state index in [1.54, 1.807) is 29.2 Å². The van der Waals surface area contributed by atoms with Crippen molar-refractivity contribution >= 4 is 34.8 Å². The lowest BCUT2D eigenvalue weighted by molar-refractivity contribution is 0.589. The van der Waals surface area contributed by atoms with Crippen LogP contribution in [0.3, 0.4) is 0 Å². The van der Waals surface area contributed by atoms with Gasteiger partial charge in [0.2, 0.25) is 0 Å². The van der Waals surface area contributed by atoms with Gasteiger partial charge in [0.15, 0.2) is 5.96 Å². The standard InChI is InChI=1S/C15H12Cl2FN3/c16-9-1-4-11(5-2-9)21-14(8-20-15(21)19)12-6-3-10(17)7-13(12)18/h1-7,14H,8H2,(H2,19,20). The minimum absolute atomic E-state index is 0.288. The lowest BCUT2D eigenvalue weighted by Gasteiger charge is -2.27. The Balaban J connectivity index is 2.00. The van der Waals surface area contributed by atoms with Crippen molar-refractivity contribution in [2.45, 2.75) is 6.04 Å². The Kier molecular flexibility index (Phi) is 3.74. The fourth-order valence-electron chi connectivity index (χ4n) is 2.42. The molecule has 1 aliphatic heterocycles. The van der Waals surface area contributed by atoms with Crippen LogP contribution < -0.4 is 10.6 Å². The van der Waals surface area contributed by atoms with E-state index < -0.39 is 0 Å². The molecule has 1 aliphatic rings. The van der Waals surface area contributed by atoms with Crippen molar-refractivity contribution < 1.29 is 4.39 Å². The summed E-state index contributed by atoms with van der Waals surface area (Å²) in [6, 6.07) is 11.5. The Labute approximate surface area is 131 Å². The number of guanidine groups is 1. The Morgan fingerprint density at radius 1 is 1.10 bits per heavy atom. The first-order valence-corrected chi connectivity index (χ1v) is 7.11. The summed E-state index contributed by atoms with van der Waals surface area (Å²) in [6.07, 6.45) is 0. The lowest BCUT2D eigenvalue weighted by atomic mass is 10.0. The van der Waals surface area contributed by atoms with Crippen LogP contribution in [0.15, 0.2) is 47.5 Å². The van der Waals surface area contributed by atoms with Crippen molar-refractivity contribution in [2.24, 2.45) is 10.7 Å². The highest BCUT2D eigenvalue weighted by molar-refractivity contribution is 6.30. The smallest absolute Gasteiger partial charge is 0.196 e. The molecular weight excluding hydrogens is 312 g/mol. The first-order chi connectivity index (χ1) is 10.1. The van der Waals surface area contributed by atoms with Crippen molar-refractivity contribution in [3.05, 3.63) is 63.9 Å². The third kappa shape index (κ3) is 2.69. The van der Waals surface area contributed by atoms with Crippen LogP contribution in [-0.2, 0) is 0 Å². The maximum atomic E-state index is 14.2. The number of anilines is 1. The highest BCUT2D eigenvalue weighted by atomic mass is 35.5. The van der Waals surface area contributed by atoms with Gasteiger partial charge in [-0.3, -0.25) is 4.99 Å². The molecular formula is C15H12Cl2FN3. The van der Waals surface area contributed by atoms with Crippen LogP contribution in [0, 0.1) is 5.82 Å². The number of halogens is 3. The van der Waals surface area contributed by atoms with Crippen molar-refractivity contribution in [1.29, 1.82) is 0 Å². The summed E-state index contributed by atoms with van der Waals surface area (Å²) in [6.45, 7) is 0.396. The molecule has 2 aromatic carbocycles. The van der Waals surface area contributed by atoms with Gasteiger partial charge in [-0.05, 0) is 36.4 Å². The molecule has 0 saturated heterocycles. The third-order valence-corrected chi connectivity index (χ3v) is 3.90. The molecule has 0 radical (unpaired) electrons.